The van der Waals surface area contributed by atoms with E-state index < -0.39 is 40.7 Å². The Morgan fingerprint density at radius 2 is 1.57 bits per heavy atom. The standard InChI is InChI=1S/C20H26ClF3N2O4/c1-17(2,3)29-15(27)25-19(10-26(11-19)16(28)30-18(4,5)6)13-8-7-12(9-14(13)21)20(22,23)24/h7-9H,10-11H2,1-6H3,(H,25,27). The molecule has 1 heterocycles. The van der Waals surface area contributed by atoms with Crippen molar-refractivity contribution in [2.24, 2.45) is 0 Å². The van der Waals surface area contributed by atoms with Crippen LogP contribution < -0.4 is 5.32 Å². The summed E-state index contributed by atoms with van der Waals surface area (Å²) in [7, 11) is 0. The summed E-state index contributed by atoms with van der Waals surface area (Å²) in [6, 6.07) is 2.89. The van der Waals surface area contributed by atoms with Crippen LogP contribution in [0, 0.1) is 0 Å². The minimum absolute atomic E-state index is 0.0355. The van der Waals surface area contributed by atoms with Crippen molar-refractivity contribution in [1.29, 1.82) is 0 Å². The molecule has 0 radical (unpaired) electrons. The van der Waals surface area contributed by atoms with Gasteiger partial charge in [0.1, 0.15) is 16.7 Å². The third-order valence-corrected chi connectivity index (χ3v) is 4.44. The SMILES string of the molecule is CC(C)(C)OC(=O)NC1(c2ccc(C(F)(F)F)cc2Cl)CN(C(=O)OC(C)(C)C)C1. The fraction of sp³-hybridized carbons (Fsp3) is 0.600. The van der Waals surface area contributed by atoms with Gasteiger partial charge in [-0.25, -0.2) is 9.59 Å². The Morgan fingerprint density at radius 3 is 2.00 bits per heavy atom. The van der Waals surface area contributed by atoms with Crippen LogP contribution in [0.4, 0.5) is 22.8 Å². The van der Waals surface area contributed by atoms with Gasteiger partial charge >= 0.3 is 18.4 Å². The van der Waals surface area contributed by atoms with Crippen LogP contribution in [0.25, 0.3) is 0 Å². The molecule has 168 valence electrons. The number of hydrogen-bond acceptors (Lipinski definition) is 4. The number of benzene rings is 1. The average molecular weight is 451 g/mol. The maximum absolute atomic E-state index is 13.0. The Kier molecular flexibility index (Phi) is 6.29. The van der Waals surface area contributed by atoms with E-state index in [4.69, 9.17) is 21.1 Å². The molecule has 1 N–H and O–H groups in total. The molecule has 1 aliphatic heterocycles. The first-order valence-electron chi connectivity index (χ1n) is 9.28. The summed E-state index contributed by atoms with van der Waals surface area (Å²) in [4.78, 5) is 26.0. The number of halogens is 4. The summed E-state index contributed by atoms with van der Waals surface area (Å²) in [5, 5.41) is 2.50. The molecule has 2 amide bonds. The second-order valence-electron chi connectivity index (χ2n) is 9.24. The number of alkyl carbamates (subject to hydrolysis) is 1. The maximum atomic E-state index is 13.0. The van der Waals surface area contributed by atoms with Gasteiger partial charge in [-0.1, -0.05) is 17.7 Å². The molecule has 0 unspecified atom stereocenters. The van der Waals surface area contributed by atoms with Crippen LogP contribution >= 0.6 is 11.6 Å². The smallest absolute Gasteiger partial charge is 0.416 e. The van der Waals surface area contributed by atoms with Gasteiger partial charge in [0, 0.05) is 5.02 Å². The van der Waals surface area contributed by atoms with Gasteiger partial charge in [-0.15, -0.1) is 0 Å². The van der Waals surface area contributed by atoms with E-state index in [9.17, 15) is 22.8 Å². The second-order valence-corrected chi connectivity index (χ2v) is 9.64. The molecule has 0 aliphatic carbocycles. The Bertz CT molecular complexity index is 823. The molecular weight excluding hydrogens is 425 g/mol. The van der Waals surface area contributed by atoms with Crippen LogP contribution in [0.5, 0.6) is 0 Å². The van der Waals surface area contributed by atoms with E-state index in [2.05, 4.69) is 5.32 Å². The molecule has 1 aromatic rings. The molecule has 0 saturated carbocycles. The van der Waals surface area contributed by atoms with Gasteiger partial charge in [-0.2, -0.15) is 13.2 Å². The Labute approximate surface area is 178 Å². The molecule has 0 spiro atoms. The number of carbonyl (C=O) groups is 2. The number of likely N-dealkylation sites (tertiary alicyclic amines) is 1. The zero-order chi connectivity index (χ0) is 23.1. The molecule has 30 heavy (non-hydrogen) atoms. The molecule has 1 saturated heterocycles. The lowest BCUT2D eigenvalue weighted by atomic mass is 9.82. The fourth-order valence-electron chi connectivity index (χ4n) is 2.96. The molecule has 6 nitrogen and oxygen atoms in total. The summed E-state index contributed by atoms with van der Waals surface area (Å²) in [6.45, 7) is 10.1. The van der Waals surface area contributed by atoms with Crippen LogP contribution in [-0.4, -0.2) is 41.4 Å². The average Bonchev–Trinajstić information content (AvgIpc) is 2.46. The van der Waals surface area contributed by atoms with E-state index in [-0.39, 0.29) is 23.7 Å². The second kappa shape index (κ2) is 7.83. The minimum Gasteiger partial charge on any atom is -0.444 e. The largest absolute Gasteiger partial charge is 0.444 e. The van der Waals surface area contributed by atoms with Gasteiger partial charge in [0.15, 0.2) is 0 Å². The van der Waals surface area contributed by atoms with Gasteiger partial charge in [0.2, 0.25) is 0 Å². The van der Waals surface area contributed by atoms with Crippen molar-refractivity contribution < 1.29 is 32.2 Å². The number of hydrogen-bond donors (Lipinski definition) is 1. The topological polar surface area (TPSA) is 67.9 Å². The predicted molar refractivity (Wildman–Crippen MR) is 105 cm³/mol. The quantitative estimate of drug-likeness (QED) is 0.661. The molecule has 2 rings (SSSR count). The summed E-state index contributed by atoms with van der Waals surface area (Å²) in [6.07, 6.45) is -5.94. The maximum Gasteiger partial charge on any atom is 0.416 e. The van der Waals surface area contributed by atoms with E-state index in [0.29, 0.717) is 0 Å². The lowest BCUT2D eigenvalue weighted by Crippen LogP contribution is -2.69. The molecule has 1 fully saturated rings. The molecule has 0 bridgehead atoms. The monoisotopic (exact) mass is 450 g/mol. The first-order valence-corrected chi connectivity index (χ1v) is 9.66. The third-order valence-electron chi connectivity index (χ3n) is 4.13. The summed E-state index contributed by atoms with van der Waals surface area (Å²) in [5.41, 5.74) is -3.38. The molecule has 1 aliphatic rings. The number of rotatable bonds is 2. The lowest BCUT2D eigenvalue weighted by molar-refractivity contribution is -0.137. The molecule has 1 aromatic carbocycles. The van der Waals surface area contributed by atoms with Gasteiger partial charge in [-0.3, -0.25) is 0 Å². The highest BCUT2D eigenvalue weighted by Gasteiger charge is 2.51. The predicted octanol–water partition coefficient (Wildman–Crippen LogP) is 5.33. The molecule has 0 atom stereocenters. The number of ether oxygens (including phenoxy) is 2. The number of alkyl halides is 3. The van der Waals surface area contributed by atoms with Gasteiger partial charge in [0.25, 0.3) is 0 Å². The van der Waals surface area contributed by atoms with Crippen molar-refractivity contribution in [3.05, 3.63) is 34.3 Å². The van der Waals surface area contributed by atoms with E-state index in [0.717, 1.165) is 12.1 Å². The lowest BCUT2D eigenvalue weighted by Gasteiger charge is -2.50. The Balaban J connectivity index is 2.32. The third kappa shape index (κ3) is 5.93. The minimum atomic E-state index is -4.56. The van der Waals surface area contributed by atoms with E-state index in [1.807, 2.05) is 0 Å². The molecule has 10 heteroatoms. The van der Waals surface area contributed by atoms with E-state index in [1.54, 1.807) is 41.5 Å². The first-order chi connectivity index (χ1) is 13.4. The Hall–Kier alpha value is -2.16. The fourth-order valence-corrected chi connectivity index (χ4v) is 3.32. The van der Waals surface area contributed by atoms with E-state index >= 15 is 0 Å². The van der Waals surface area contributed by atoms with Crippen molar-refractivity contribution in [3.8, 4) is 0 Å². The zero-order valence-corrected chi connectivity index (χ0v) is 18.5. The highest BCUT2D eigenvalue weighted by Crippen LogP contribution is 2.40. The summed E-state index contributed by atoms with van der Waals surface area (Å²) in [5.74, 6) is 0. The normalized spacial score (nSPS) is 16.5. The van der Waals surface area contributed by atoms with Crippen LogP contribution in [0.1, 0.15) is 52.7 Å². The van der Waals surface area contributed by atoms with Crippen LogP contribution in [-0.2, 0) is 21.2 Å². The molecule has 0 aromatic heterocycles. The van der Waals surface area contributed by atoms with Gasteiger partial charge in [-0.05, 0) is 59.2 Å². The van der Waals surface area contributed by atoms with Crippen LogP contribution in [0.2, 0.25) is 5.02 Å². The van der Waals surface area contributed by atoms with Crippen LogP contribution in [0.3, 0.4) is 0 Å². The van der Waals surface area contributed by atoms with Crippen molar-refractivity contribution in [2.45, 2.75) is 64.5 Å². The molecular formula is C20H26ClF3N2O4. The van der Waals surface area contributed by atoms with Crippen molar-refractivity contribution in [1.82, 2.24) is 10.2 Å². The highest BCUT2D eigenvalue weighted by atomic mass is 35.5. The number of carbonyl (C=O) groups excluding carboxylic acids is 2. The summed E-state index contributed by atoms with van der Waals surface area (Å²) < 4.78 is 49.6. The Morgan fingerprint density at radius 1 is 1.03 bits per heavy atom. The number of nitrogens with zero attached hydrogens (tertiary/aromatic N) is 1. The van der Waals surface area contributed by atoms with Gasteiger partial charge < -0.3 is 19.7 Å². The first kappa shape index (κ1) is 24.1. The number of amides is 2. The van der Waals surface area contributed by atoms with Crippen molar-refractivity contribution in [2.75, 3.05) is 13.1 Å². The highest BCUT2D eigenvalue weighted by molar-refractivity contribution is 6.31. The van der Waals surface area contributed by atoms with Crippen molar-refractivity contribution in [3.63, 3.8) is 0 Å². The van der Waals surface area contributed by atoms with Crippen LogP contribution in [0.15, 0.2) is 18.2 Å². The zero-order valence-electron chi connectivity index (χ0n) is 17.7. The van der Waals surface area contributed by atoms with E-state index in [1.165, 1.54) is 11.0 Å². The van der Waals surface area contributed by atoms with Crippen molar-refractivity contribution >= 4 is 23.8 Å². The van der Waals surface area contributed by atoms with Gasteiger partial charge in [0.05, 0.1) is 18.7 Å². The summed E-state index contributed by atoms with van der Waals surface area (Å²) >= 11 is 6.16. The number of nitrogens with one attached hydrogen (secondary N) is 1.